The molecule has 1 aromatic carbocycles. The van der Waals surface area contributed by atoms with Crippen LogP contribution in [0.2, 0.25) is 0 Å². The van der Waals surface area contributed by atoms with Gasteiger partial charge < -0.3 is 10.1 Å². The second-order valence-corrected chi connectivity index (χ2v) is 4.33. The zero-order valence-electron chi connectivity index (χ0n) is 10.5. The zero-order valence-corrected chi connectivity index (χ0v) is 10.5. The number of halogens is 2. The third-order valence-corrected chi connectivity index (χ3v) is 2.66. The van der Waals surface area contributed by atoms with Crippen LogP contribution in [0, 0.1) is 17.6 Å². The molecule has 0 amide bonds. The van der Waals surface area contributed by atoms with Crippen LogP contribution in [-0.4, -0.2) is 20.3 Å². The summed E-state index contributed by atoms with van der Waals surface area (Å²) in [5.74, 6) is -0.717. The van der Waals surface area contributed by atoms with E-state index in [9.17, 15) is 8.78 Å². The molecule has 0 bridgehead atoms. The molecule has 1 rings (SSSR count). The van der Waals surface area contributed by atoms with Crippen molar-refractivity contribution >= 4 is 0 Å². The molecule has 0 heterocycles. The summed E-state index contributed by atoms with van der Waals surface area (Å²) in [5.41, 5.74) is 0.0946. The number of hydrogen-bond acceptors (Lipinski definition) is 2. The van der Waals surface area contributed by atoms with Crippen molar-refractivity contribution in [3.05, 3.63) is 35.4 Å². The van der Waals surface area contributed by atoms with Crippen LogP contribution >= 0.6 is 0 Å². The van der Waals surface area contributed by atoms with Gasteiger partial charge in [0.15, 0.2) is 0 Å². The minimum atomic E-state index is -0.510. The molecule has 0 aliphatic carbocycles. The van der Waals surface area contributed by atoms with Gasteiger partial charge in [0.25, 0.3) is 0 Å². The Morgan fingerprint density at radius 3 is 2.35 bits per heavy atom. The van der Waals surface area contributed by atoms with Gasteiger partial charge in [-0.2, -0.15) is 0 Å². The van der Waals surface area contributed by atoms with Crippen molar-refractivity contribution in [2.45, 2.75) is 19.9 Å². The third-order valence-electron chi connectivity index (χ3n) is 2.66. The fourth-order valence-corrected chi connectivity index (χ4v) is 1.75. The molecule has 96 valence electrons. The first-order chi connectivity index (χ1) is 8.06. The second-order valence-electron chi connectivity index (χ2n) is 4.33. The first-order valence-corrected chi connectivity index (χ1v) is 5.72. The van der Waals surface area contributed by atoms with Gasteiger partial charge in [0, 0.05) is 31.9 Å². The largest absolute Gasteiger partial charge is 0.384 e. The van der Waals surface area contributed by atoms with E-state index in [4.69, 9.17) is 4.74 Å². The fraction of sp³-hybridized carbons (Fsp3) is 0.538. The van der Waals surface area contributed by atoms with Crippen molar-refractivity contribution in [1.29, 1.82) is 0 Å². The first-order valence-electron chi connectivity index (χ1n) is 5.72. The fourth-order valence-electron chi connectivity index (χ4n) is 1.75. The summed E-state index contributed by atoms with van der Waals surface area (Å²) in [6.07, 6.45) is 0. The minimum absolute atomic E-state index is 0.0946. The molecule has 0 fully saturated rings. The SMILES string of the molecule is COCC(C)CNC(C)c1c(F)cccc1F. The summed E-state index contributed by atoms with van der Waals surface area (Å²) >= 11 is 0. The predicted molar refractivity (Wildman–Crippen MR) is 63.8 cm³/mol. The smallest absolute Gasteiger partial charge is 0.130 e. The summed E-state index contributed by atoms with van der Waals surface area (Å²) < 4.78 is 31.9. The third kappa shape index (κ3) is 4.06. The van der Waals surface area contributed by atoms with Gasteiger partial charge in [0.1, 0.15) is 11.6 Å². The van der Waals surface area contributed by atoms with Gasteiger partial charge in [-0.05, 0) is 25.0 Å². The minimum Gasteiger partial charge on any atom is -0.384 e. The topological polar surface area (TPSA) is 21.3 Å². The van der Waals surface area contributed by atoms with E-state index in [1.165, 1.54) is 18.2 Å². The highest BCUT2D eigenvalue weighted by Crippen LogP contribution is 2.20. The molecule has 1 N–H and O–H groups in total. The van der Waals surface area contributed by atoms with E-state index in [1.807, 2.05) is 6.92 Å². The van der Waals surface area contributed by atoms with Crippen LogP contribution in [0.25, 0.3) is 0 Å². The van der Waals surface area contributed by atoms with Crippen molar-refractivity contribution in [3.63, 3.8) is 0 Å². The van der Waals surface area contributed by atoms with Crippen LogP contribution in [0.15, 0.2) is 18.2 Å². The van der Waals surface area contributed by atoms with Crippen molar-refractivity contribution in [2.75, 3.05) is 20.3 Å². The quantitative estimate of drug-likeness (QED) is 0.829. The van der Waals surface area contributed by atoms with Crippen molar-refractivity contribution in [3.8, 4) is 0 Å². The molecule has 2 atom stereocenters. The van der Waals surface area contributed by atoms with Gasteiger partial charge in [0.2, 0.25) is 0 Å². The molecule has 4 heteroatoms. The van der Waals surface area contributed by atoms with Gasteiger partial charge >= 0.3 is 0 Å². The summed E-state index contributed by atoms with van der Waals surface area (Å²) in [6, 6.07) is 3.56. The number of ether oxygens (including phenoxy) is 1. The Morgan fingerprint density at radius 1 is 1.24 bits per heavy atom. The van der Waals surface area contributed by atoms with Crippen LogP contribution < -0.4 is 5.32 Å². The molecule has 0 aliphatic rings. The molecule has 2 nitrogen and oxygen atoms in total. The Bertz CT molecular complexity index is 337. The molecule has 2 unspecified atom stereocenters. The monoisotopic (exact) mass is 243 g/mol. The Morgan fingerprint density at radius 2 is 1.82 bits per heavy atom. The predicted octanol–water partition coefficient (Wildman–Crippen LogP) is 2.90. The van der Waals surface area contributed by atoms with Gasteiger partial charge in [-0.15, -0.1) is 0 Å². The van der Waals surface area contributed by atoms with Gasteiger partial charge in [0.05, 0.1) is 0 Å². The van der Waals surface area contributed by atoms with Crippen LogP contribution in [-0.2, 0) is 4.74 Å². The maximum absolute atomic E-state index is 13.5. The molecular formula is C13H19F2NO. The van der Waals surface area contributed by atoms with E-state index < -0.39 is 11.6 Å². The van der Waals surface area contributed by atoms with Crippen LogP contribution in [0.1, 0.15) is 25.5 Å². The molecule has 0 aromatic heterocycles. The molecule has 1 aromatic rings. The van der Waals surface area contributed by atoms with Crippen molar-refractivity contribution in [1.82, 2.24) is 5.32 Å². The van der Waals surface area contributed by atoms with E-state index in [0.29, 0.717) is 19.1 Å². The Labute approximate surface area is 101 Å². The lowest BCUT2D eigenvalue weighted by atomic mass is 10.1. The molecule has 0 saturated heterocycles. The van der Waals surface area contributed by atoms with Crippen LogP contribution in [0.3, 0.4) is 0 Å². The highest BCUT2D eigenvalue weighted by atomic mass is 19.1. The second kappa shape index (κ2) is 6.67. The van der Waals surface area contributed by atoms with Crippen LogP contribution in [0.5, 0.6) is 0 Å². The molecule has 0 aliphatic heterocycles. The average Bonchev–Trinajstić information content (AvgIpc) is 2.26. The lowest BCUT2D eigenvalue weighted by Crippen LogP contribution is -2.27. The molecule has 0 radical (unpaired) electrons. The first kappa shape index (κ1) is 14.1. The molecule has 17 heavy (non-hydrogen) atoms. The Balaban J connectivity index is 2.61. The number of benzene rings is 1. The summed E-state index contributed by atoms with van der Waals surface area (Å²) in [6.45, 7) is 5.05. The highest BCUT2D eigenvalue weighted by molar-refractivity contribution is 5.22. The van der Waals surface area contributed by atoms with Crippen molar-refractivity contribution < 1.29 is 13.5 Å². The van der Waals surface area contributed by atoms with E-state index in [2.05, 4.69) is 5.32 Å². The number of methoxy groups -OCH3 is 1. The van der Waals surface area contributed by atoms with E-state index in [-0.39, 0.29) is 11.6 Å². The Hall–Kier alpha value is -1.00. The summed E-state index contributed by atoms with van der Waals surface area (Å²) in [4.78, 5) is 0. The highest BCUT2D eigenvalue weighted by Gasteiger charge is 2.15. The van der Waals surface area contributed by atoms with Gasteiger partial charge in [-0.1, -0.05) is 13.0 Å². The number of hydrogen-bond donors (Lipinski definition) is 1. The maximum Gasteiger partial charge on any atom is 0.130 e. The lowest BCUT2D eigenvalue weighted by molar-refractivity contribution is 0.157. The van der Waals surface area contributed by atoms with Crippen molar-refractivity contribution in [2.24, 2.45) is 5.92 Å². The van der Waals surface area contributed by atoms with Gasteiger partial charge in [-0.25, -0.2) is 8.78 Å². The Kier molecular flexibility index (Phi) is 5.51. The summed E-state index contributed by atoms with van der Waals surface area (Å²) in [5, 5.41) is 3.11. The average molecular weight is 243 g/mol. The van der Waals surface area contributed by atoms with E-state index in [0.717, 1.165) is 0 Å². The van der Waals surface area contributed by atoms with Gasteiger partial charge in [-0.3, -0.25) is 0 Å². The number of nitrogens with one attached hydrogen (secondary N) is 1. The van der Waals surface area contributed by atoms with E-state index >= 15 is 0 Å². The standard InChI is InChI=1S/C13H19F2NO/c1-9(8-17-3)7-16-10(2)13-11(14)5-4-6-12(13)15/h4-6,9-10,16H,7-8H2,1-3H3. The van der Waals surface area contributed by atoms with E-state index in [1.54, 1.807) is 14.0 Å². The lowest BCUT2D eigenvalue weighted by Gasteiger charge is -2.18. The van der Waals surface area contributed by atoms with Crippen LogP contribution in [0.4, 0.5) is 8.78 Å². The normalized spacial score (nSPS) is 14.6. The maximum atomic E-state index is 13.5. The summed E-state index contributed by atoms with van der Waals surface area (Å²) in [7, 11) is 1.64. The molecular weight excluding hydrogens is 224 g/mol. The zero-order chi connectivity index (χ0) is 12.8. The molecule has 0 spiro atoms. The molecule has 0 saturated carbocycles. The number of rotatable bonds is 6.